The van der Waals surface area contributed by atoms with Crippen molar-refractivity contribution in [3.63, 3.8) is 0 Å². The fourth-order valence-electron chi connectivity index (χ4n) is 3.14. The van der Waals surface area contributed by atoms with Crippen LogP contribution in [-0.4, -0.2) is 24.3 Å². The Bertz CT molecular complexity index is 1070. The molecule has 0 saturated carbocycles. The number of nitrogens with zero attached hydrogens (tertiary/aromatic N) is 2. The average Bonchev–Trinajstić information content (AvgIpc) is 3.26. The zero-order chi connectivity index (χ0) is 18.5. The zero-order valence-corrected chi connectivity index (χ0v) is 15.0. The first-order chi connectivity index (χ1) is 12.4. The van der Waals surface area contributed by atoms with Crippen LogP contribution in [0.25, 0.3) is 10.2 Å². The maximum atomic E-state index is 14.1. The van der Waals surface area contributed by atoms with Gasteiger partial charge in [-0.1, -0.05) is 12.1 Å². The molecule has 3 aromatic rings. The van der Waals surface area contributed by atoms with Crippen LogP contribution in [-0.2, 0) is 10.0 Å². The van der Waals surface area contributed by atoms with Crippen LogP contribution >= 0.6 is 11.3 Å². The molecule has 1 aliphatic rings. The monoisotopic (exact) mass is 398 g/mol. The molecular weight excluding hydrogens is 385 g/mol. The number of rotatable bonds is 3. The van der Waals surface area contributed by atoms with E-state index in [0.717, 1.165) is 20.6 Å². The lowest BCUT2D eigenvalue weighted by atomic mass is 10.2. The van der Waals surface area contributed by atoms with Gasteiger partial charge in [0.25, 0.3) is 0 Å². The Morgan fingerprint density at radius 3 is 2.62 bits per heavy atom. The molecule has 4 rings (SSSR count). The summed E-state index contributed by atoms with van der Waals surface area (Å²) in [5, 5.41) is 0.607. The first-order valence-electron chi connectivity index (χ1n) is 7.90. The highest BCUT2D eigenvalue weighted by Crippen LogP contribution is 2.40. The number of aromatic nitrogens is 1. The normalized spacial score (nSPS) is 18.7. The average molecular weight is 398 g/mol. The quantitative estimate of drug-likeness (QED) is 0.620. The van der Waals surface area contributed by atoms with E-state index in [1.165, 1.54) is 11.3 Å². The zero-order valence-electron chi connectivity index (χ0n) is 13.3. The van der Waals surface area contributed by atoms with Crippen molar-refractivity contribution in [2.24, 2.45) is 0 Å². The highest BCUT2D eigenvalue weighted by molar-refractivity contribution is 7.89. The van der Waals surface area contributed by atoms with Crippen LogP contribution in [0.15, 0.2) is 41.3 Å². The Labute approximate surface area is 152 Å². The fourth-order valence-corrected chi connectivity index (χ4v) is 6.04. The smallest absolute Gasteiger partial charge is 0.239 e. The molecule has 4 nitrogen and oxygen atoms in total. The number of fused-ring (bicyclic) bond motifs is 1. The highest BCUT2D eigenvalue weighted by Gasteiger charge is 2.39. The van der Waals surface area contributed by atoms with E-state index in [0.29, 0.717) is 23.9 Å². The molecule has 0 bridgehead atoms. The number of hydrogen-bond acceptors (Lipinski definition) is 4. The molecule has 0 spiro atoms. The second-order valence-electron chi connectivity index (χ2n) is 5.97. The Morgan fingerprint density at radius 2 is 1.85 bits per heavy atom. The minimum absolute atomic E-state index is 0.168. The summed E-state index contributed by atoms with van der Waals surface area (Å²) in [6.45, 7) is 0.168. The molecule has 2 aromatic carbocycles. The number of para-hydroxylation sites is 1. The summed E-state index contributed by atoms with van der Waals surface area (Å²) in [5.41, 5.74) is 0.760. The van der Waals surface area contributed by atoms with Gasteiger partial charge in [-0.3, -0.25) is 0 Å². The van der Waals surface area contributed by atoms with Gasteiger partial charge in [0.15, 0.2) is 17.5 Å². The molecule has 26 heavy (non-hydrogen) atoms. The van der Waals surface area contributed by atoms with Gasteiger partial charge in [0.2, 0.25) is 10.0 Å². The summed E-state index contributed by atoms with van der Waals surface area (Å²) < 4.78 is 68.6. The van der Waals surface area contributed by atoms with Crippen LogP contribution in [0.5, 0.6) is 0 Å². The molecule has 0 amide bonds. The number of benzene rings is 2. The number of sulfonamides is 1. The van der Waals surface area contributed by atoms with E-state index in [1.807, 2.05) is 24.3 Å². The molecule has 0 radical (unpaired) electrons. The van der Waals surface area contributed by atoms with Gasteiger partial charge >= 0.3 is 0 Å². The van der Waals surface area contributed by atoms with Gasteiger partial charge in [-0.15, -0.1) is 11.3 Å². The third-order valence-electron chi connectivity index (χ3n) is 4.39. The van der Waals surface area contributed by atoms with Crippen molar-refractivity contribution in [3.05, 3.63) is 58.9 Å². The van der Waals surface area contributed by atoms with Crippen LogP contribution in [0, 0.1) is 17.5 Å². The predicted octanol–water partition coefficient (Wildman–Crippen LogP) is 4.24. The van der Waals surface area contributed by atoms with Crippen LogP contribution in [0.1, 0.15) is 23.9 Å². The van der Waals surface area contributed by atoms with Crippen molar-refractivity contribution in [1.29, 1.82) is 0 Å². The third-order valence-corrected chi connectivity index (χ3v) is 7.45. The molecule has 1 saturated heterocycles. The molecule has 1 aromatic heterocycles. The lowest BCUT2D eigenvalue weighted by Gasteiger charge is -2.22. The lowest BCUT2D eigenvalue weighted by molar-refractivity contribution is 0.386. The van der Waals surface area contributed by atoms with Gasteiger partial charge in [-0.25, -0.2) is 26.6 Å². The first-order valence-corrected chi connectivity index (χ1v) is 10.2. The Balaban J connectivity index is 1.77. The predicted molar refractivity (Wildman–Crippen MR) is 91.8 cm³/mol. The van der Waals surface area contributed by atoms with Crippen molar-refractivity contribution in [2.45, 2.75) is 23.8 Å². The standard InChI is InChI=1S/C17H13F3N2O2S2/c18-10-7-8-14(16(20)15(10)19)26(23,24)22-9-3-5-12(22)17-21-11-4-1-2-6-13(11)25-17/h1-2,4,6-8,12H,3,5,9H2/t12-/m1/s1. The van der Waals surface area contributed by atoms with Crippen LogP contribution < -0.4 is 0 Å². The van der Waals surface area contributed by atoms with Crippen LogP contribution in [0.4, 0.5) is 13.2 Å². The largest absolute Gasteiger partial charge is 0.246 e. The maximum absolute atomic E-state index is 14.1. The van der Waals surface area contributed by atoms with E-state index >= 15 is 0 Å². The summed E-state index contributed by atoms with van der Waals surface area (Å²) >= 11 is 1.37. The molecular formula is C17H13F3N2O2S2. The van der Waals surface area contributed by atoms with Gasteiger partial charge < -0.3 is 0 Å². The molecule has 136 valence electrons. The Kier molecular flexibility index (Phi) is 4.25. The van der Waals surface area contributed by atoms with Crippen molar-refractivity contribution < 1.29 is 21.6 Å². The minimum Gasteiger partial charge on any atom is -0.239 e. The summed E-state index contributed by atoms with van der Waals surface area (Å²) in [6, 6.07) is 8.25. The van der Waals surface area contributed by atoms with E-state index in [2.05, 4.69) is 4.98 Å². The van der Waals surface area contributed by atoms with Gasteiger partial charge in [-0.2, -0.15) is 4.31 Å². The van der Waals surface area contributed by atoms with Crippen molar-refractivity contribution in [2.75, 3.05) is 6.54 Å². The first kappa shape index (κ1) is 17.4. The van der Waals surface area contributed by atoms with Crippen molar-refractivity contribution >= 4 is 31.6 Å². The number of halogens is 3. The minimum atomic E-state index is -4.33. The molecule has 9 heteroatoms. The van der Waals surface area contributed by atoms with Gasteiger partial charge in [0.1, 0.15) is 9.90 Å². The number of hydrogen-bond donors (Lipinski definition) is 0. The molecule has 1 atom stereocenters. The Morgan fingerprint density at radius 1 is 1.08 bits per heavy atom. The second-order valence-corrected chi connectivity index (χ2v) is 8.89. The van der Waals surface area contributed by atoms with Gasteiger partial charge in [0, 0.05) is 6.54 Å². The van der Waals surface area contributed by atoms with E-state index in [-0.39, 0.29) is 6.54 Å². The van der Waals surface area contributed by atoms with Gasteiger partial charge in [0.05, 0.1) is 16.3 Å². The lowest BCUT2D eigenvalue weighted by Crippen LogP contribution is -2.31. The molecule has 1 fully saturated rings. The SMILES string of the molecule is O=S(=O)(c1ccc(F)c(F)c1F)N1CCC[C@@H]1c1nc2ccccc2s1. The molecule has 0 unspecified atom stereocenters. The molecule has 1 aliphatic heterocycles. The second kappa shape index (κ2) is 6.33. The molecule has 0 aliphatic carbocycles. The van der Waals surface area contributed by atoms with Crippen molar-refractivity contribution in [1.82, 2.24) is 9.29 Å². The van der Waals surface area contributed by atoms with E-state index < -0.39 is 38.4 Å². The summed E-state index contributed by atoms with van der Waals surface area (Å²) in [7, 11) is -4.33. The molecule has 0 N–H and O–H groups in total. The van der Waals surface area contributed by atoms with Crippen molar-refractivity contribution in [3.8, 4) is 0 Å². The van der Waals surface area contributed by atoms with E-state index in [1.54, 1.807) is 0 Å². The highest BCUT2D eigenvalue weighted by atomic mass is 32.2. The Hall–Kier alpha value is -1.97. The van der Waals surface area contributed by atoms with Gasteiger partial charge in [-0.05, 0) is 37.1 Å². The number of thiazole rings is 1. The maximum Gasteiger partial charge on any atom is 0.246 e. The molecule has 2 heterocycles. The topological polar surface area (TPSA) is 50.3 Å². The van der Waals surface area contributed by atoms with E-state index in [9.17, 15) is 21.6 Å². The third kappa shape index (κ3) is 2.70. The van der Waals surface area contributed by atoms with E-state index in [4.69, 9.17) is 0 Å². The summed E-state index contributed by atoms with van der Waals surface area (Å²) in [4.78, 5) is 3.63. The van der Waals surface area contributed by atoms with Crippen LogP contribution in [0.3, 0.4) is 0 Å². The summed E-state index contributed by atoms with van der Waals surface area (Å²) in [5.74, 6) is -4.91. The summed E-state index contributed by atoms with van der Waals surface area (Å²) in [6.07, 6.45) is 1.11. The fraction of sp³-hybridized carbons (Fsp3) is 0.235. The van der Waals surface area contributed by atoms with Crippen LogP contribution in [0.2, 0.25) is 0 Å².